The van der Waals surface area contributed by atoms with Gasteiger partial charge >= 0.3 is 6.03 Å². The van der Waals surface area contributed by atoms with Crippen molar-refractivity contribution in [3.63, 3.8) is 0 Å². The van der Waals surface area contributed by atoms with E-state index in [2.05, 4.69) is 10.6 Å². The Morgan fingerprint density at radius 3 is 2.47 bits per heavy atom. The Balaban J connectivity index is 2.07. The minimum atomic E-state index is -0.644. The van der Waals surface area contributed by atoms with E-state index < -0.39 is 12.1 Å². The van der Waals surface area contributed by atoms with Crippen LogP contribution in [0.15, 0.2) is 24.3 Å². The fraction of sp³-hybridized carbons (Fsp3) is 0.273. The molecule has 1 atom stereocenters. The van der Waals surface area contributed by atoms with Crippen LogP contribution in [0.25, 0.3) is 0 Å². The van der Waals surface area contributed by atoms with Crippen LogP contribution in [-0.4, -0.2) is 30.3 Å². The van der Waals surface area contributed by atoms with Crippen LogP contribution in [0.5, 0.6) is 5.75 Å². The Hall–Kier alpha value is -2.08. The largest absolute Gasteiger partial charge is 0.491 e. The number of ether oxygens (including phenoxy) is 1. The molecule has 0 aliphatic carbocycles. The quantitative estimate of drug-likeness (QED) is 0.639. The van der Waals surface area contributed by atoms with E-state index in [1.165, 1.54) is 0 Å². The van der Waals surface area contributed by atoms with E-state index in [1.807, 2.05) is 0 Å². The molecule has 0 bridgehead atoms. The van der Waals surface area contributed by atoms with Crippen molar-refractivity contribution in [2.45, 2.75) is 6.04 Å². The van der Waals surface area contributed by atoms with Crippen molar-refractivity contribution in [2.24, 2.45) is 0 Å². The number of hydrogen-bond acceptors (Lipinski definition) is 4. The zero-order valence-electron chi connectivity index (χ0n) is 8.97. The molecule has 0 spiro atoms. The first-order chi connectivity index (χ1) is 8.20. The van der Waals surface area contributed by atoms with Gasteiger partial charge in [0.1, 0.15) is 18.4 Å². The molecule has 0 saturated carbocycles. The molecule has 3 amide bonds. The zero-order valence-corrected chi connectivity index (χ0v) is 8.97. The Kier molecular flexibility index (Phi) is 3.24. The number of rotatable bonds is 4. The van der Waals surface area contributed by atoms with E-state index in [0.29, 0.717) is 11.3 Å². The Morgan fingerprint density at radius 2 is 1.94 bits per heavy atom. The summed E-state index contributed by atoms with van der Waals surface area (Å²) in [5.74, 6) is 0.242. The summed E-state index contributed by atoms with van der Waals surface area (Å²) in [6.07, 6.45) is 0. The highest BCUT2D eigenvalue weighted by Gasteiger charge is 2.30. The smallest absolute Gasteiger partial charge is 0.322 e. The van der Waals surface area contributed by atoms with E-state index in [4.69, 9.17) is 9.84 Å². The van der Waals surface area contributed by atoms with E-state index in [-0.39, 0.29) is 19.1 Å². The van der Waals surface area contributed by atoms with Crippen molar-refractivity contribution in [3.8, 4) is 5.75 Å². The second-order valence-corrected chi connectivity index (χ2v) is 3.54. The molecule has 0 unspecified atom stereocenters. The highest BCUT2D eigenvalue weighted by molar-refractivity contribution is 6.04. The van der Waals surface area contributed by atoms with Gasteiger partial charge in [0, 0.05) is 0 Å². The lowest BCUT2D eigenvalue weighted by Crippen LogP contribution is -2.22. The maximum absolute atomic E-state index is 11.4. The second-order valence-electron chi connectivity index (χ2n) is 3.54. The molecule has 1 fully saturated rings. The number of benzene rings is 1. The average Bonchev–Trinajstić information content (AvgIpc) is 2.66. The van der Waals surface area contributed by atoms with Gasteiger partial charge in [0.05, 0.1) is 6.61 Å². The van der Waals surface area contributed by atoms with Crippen LogP contribution in [-0.2, 0) is 4.79 Å². The molecule has 0 radical (unpaired) electrons. The van der Waals surface area contributed by atoms with Gasteiger partial charge in [-0.2, -0.15) is 0 Å². The van der Waals surface area contributed by atoms with Crippen molar-refractivity contribution in [2.75, 3.05) is 13.2 Å². The maximum atomic E-state index is 11.4. The van der Waals surface area contributed by atoms with Gasteiger partial charge in [-0.05, 0) is 17.7 Å². The van der Waals surface area contributed by atoms with Crippen LogP contribution in [0.1, 0.15) is 11.6 Å². The van der Waals surface area contributed by atoms with Crippen molar-refractivity contribution >= 4 is 11.9 Å². The Labute approximate surface area is 97.6 Å². The molecule has 3 N–H and O–H groups in total. The lowest BCUT2D eigenvalue weighted by molar-refractivity contribution is -0.120. The second kappa shape index (κ2) is 4.84. The first-order valence-corrected chi connectivity index (χ1v) is 5.15. The molecule has 1 heterocycles. The highest BCUT2D eigenvalue weighted by Crippen LogP contribution is 2.20. The topological polar surface area (TPSA) is 87.7 Å². The van der Waals surface area contributed by atoms with Gasteiger partial charge in [-0.1, -0.05) is 12.1 Å². The molecule has 6 heteroatoms. The van der Waals surface area contributed by atoms with Crippen molar-refractivity contribution in [1.29, 1.82) is 0 Å². The fourth-order valence-corrected chi connectivity index (χ4v) is 1.57. The van der Waals surface area contributed by atoms with Gasteiger partial charge in [0.2, 0.25) is 0 Å². The zero-order chi connectivity index (χ0) is 12.3. The van der Waals surface area contributed by atoms with Crippen LogP contribution in [0.3, 0.4) is 0 Å². The molecule has 1 aliphatic rings. The van der Waals surface area contributed by atoms with Gasteiger partial charge in [-0.15, -0.1) is 0 Å². The molecule has 0 aromatic heterocycles. The van der Waals surface area contributed by atoms with Crippen molar-refractivity contribution in [3.05, 3.63) is 29.8 Å². The predicted octanol–water partition coefficient (Wildman–Crippen LogP) is -0.0618. The Morgan fingerprint density at radius 1 is 1.24 bits per heavy atom. The van der Waals surface area contributed by atoms with E-state index in [1.54, 1.807) is 24.3 Å². The minimum absolute atomic E-state index is 0.0527. The van der Waals surface area contributed by atoms with Crippen LogP contribution in [0.4, 0.5) is 4.79 Å². The lowest BCUT2D eigenvalue weighted by atomic mass is 10.1. The number of carbonyl (C=O) groups is 2. The number of carbonyl (C=O) groups excluding carboxylic acids is 2. The molecule has 1 saturated heterocycles. The van der Waals surface area contributed by atoms with Gasteiger partial charge in [0.15, 0.2) is 0 Å². The normalized spacial score (nSPS) is 18.8. The third-order valence-electron chi connectivity index (χ3n) is 2.35. The molecule has 1 aromatic carbocycles. The van der Waals surface area contributed by atoms with E-state index in [0.717, 1.165) is 0 Å². The predicted molar refractivity (Wildman–Crippen MR) is 58.4 cm³/mol. The summed E-state index contributed by atoms with van der Waals surface area (Å²) < 4.78 is 5.18. The third-order valence-corrected chi connectivity index (χ3v) is 2.35. The first-order valence-electron chi connectivity index (χ1n) is 5.15. The summed E-state index contributed by atoms with van der Waals surface area (Å²) in [5, 5.41) is 13.3. The van der Waals surface area contributed by atoms with Gasteiger partial charge in [-0.3, -0.25) is 10.1 Å². The minimum Gasteiger partial charge on any atom is -0.491 e. The number of amides is 3. The SMILES string of the molecule is O=C1NC(=O)[C@@H](c2ccc(OCCO)cc2)N1. The Bertz CT molecular complexity index is 430. The third kappa shape index (κ3) is 2.54. The molecular weight excluding hydrogens is 224 g/mol. The van der Waals surface area contributed by atoms with E-state index >= 15 is 0 Å². The van der Waals surface area contributed by atoms with Crippen LogP contribution in [0, 0.1) is 0 Å². The average molecular weight is 236 g/mol. The fourth-order valence-electron chi connectivity index (χ4n) is 1.57. The number of nitrogens with one attached hydrogen (secondary N) is 2. The number of aliphatic hydroxyl groups is 1. The molecule has 90 valence electrons. The lowest BCUT2D eigenvalue weighted by Gasteiger charge is -2.09. The number of urea groups is 1. The molecule has 1 aromatic rings. The van der Waals surface area contributed by atoms with E-state index in [9.17, 15) is 9.59 Å². The van der Waals surface area contributed by atoms with Crippen LogP contribution >= 0.6 is 0 Å². The highest BCUT2D eigenvalue weighted by atomic mass is 16.5. The molecule has 6 nitrogen and oxygen atoms in total. The number of aliphatic hydroxyl groups excluding tert-OH is 1. The summed E-state index contributed by atoms with van der Waals surface area (Å²) in [4.78, 5) is 22.3. The summed E-state index contributed by atoms with van der Waals surface area (Å²) in [6, 6.07) is 5.63. The van der Waals surface area contributed by atoms with Gasteiger partial charge in [0.25, 0.3) is 5.91 Å². The van der Waals surface area contributed by atoms with Crippen molar-refractivity contribution < 1.29 is 19.4 Å². The summed E-state index contributed by atoms with van der Waals surface area (Å²) in [5.41, 5.74) is 0.685. The van der Waals surface area contributed by atoms with Gasteiger partial charge < -0.3 is 15.2 Å². The summed E-state index contributed by atoms with van der Waals surface area (Å²) in [6.45, 7) is 0.169. The number of imide groups is 1. The van der Waals surface area contributed by atoms with Crippen molar-refractivity contribution in [1.82, 2.24) is 10.6 Å². The van der Waals surface area contributed by atoms with Gasteiger partial charge in [-0.25, -0.2) is 4.79 Å². The number of hydrogen-bond donors (Lipinski definition) is 3. The molecular formula is C11H12N2O4. The molecule has 2 rings (SSSR count). The first kappa shape index (κ1) is 11.4. The standard InChI is InChI=1S/C11H12N2O4/c14-5-6-17-8-3-1-7(2-4-8)9-10(15)13-11(16)12-9/h1-4,9,14H,5-6H2,(H2,12,13,15,16)/t9-/m1/s1. The monoisotopic (exact) mass is 236 g/mol. The maximum Gasteiger partial charge on any atom is 0.322 e. The molecule has 1 aliphatic heterocycles. The summed E-state index contributed by atoms with van der Waals surface area (Å²) in [7, 11) is 0. The van der Waals surface area contributed by atoms with Crippen LogP contribution < -0.4 is 15.4 Å². The molecule has 17 heavy (non-hydrogen) atoms. The van der Waals surface area contributed by atoms with Crippen LogP contribution in [0.2, 0.25) is 0 Å². The summed E-state index contributed by atoms with van der Waals surface area (Å²) >= 11 is 0.